The molecule has 3 aromatic rings. The molecule has 1 N–H and O–H groups in total. The number of rotatable bonds is 3. The number of hydrogen-bond acceptors (Lipinski definition) is 6. The fraction of sp³-hybridized carbons (Fsp3) is 0.133. The Morgan fingerprint density at radius 2 is 1.91 bits per heavy atom. The molecule has 2 aromatic heterocycles. The maximum Gasteiger partial charge on any atom is 0.337 e. The number of esters is 1. The number of carbonyl (C=O) groups excluding carboxylic acids is 2. The molecule has 0 saturated carbocycles. The number of anilines is 1. The van der Waals surface area contributed by atoms with Crippen molar-refractivity contribution in [2.75, 3.05) is 12.4 Å². The zero-order valence-corrected chi connectivity index (χ0v) is 12.5. The lowest BCUT2D eigenvalue weighted by molar-refractivity contribution is 0.0600. The maximum absolute atomic E-state index is 12.2. The number of hydrogen-bond donors (Lipinski definition) is 1. The van der Waals surface area contributed by atoms with Crippen LogP contribution < -0.4 is 5.32 Å². The number of nitrogens with zero attached hydrogens (tertiary/aromatic N) is 4. The molecule has 1 amide bonds. The highest BCUT2D eigenvalue weighted by atomic mass is 16.5. The summed E-state index contributed by atoms with van der Waals surface area (Å²) in [7, 11) is 1.31. The van der Waals surface area contributed by atoms with Gasteiger partial charge >= 0.3 is 5.97 Å². The van der Waals surface area contributed by atoms with Crippen molar-refractivity contribution in [3.05, 3.63) is 53.6 Å². The molecule has 116 valence electrons. The van der Waals surface area contributed by atoms with Crippen LogP contribution in [0.2, 0.25) is 0 Å². The molecular formula is C15H13N5O3. The van der Waals surface area contributed by atoms with Gasteiger partial charge in [0.15, 0.2) is 0 Å². The van der Waals surface area contributed by atoms with Crippen LogP contribution in [-0.2, 0) is 4.74 Å². The molecule has 23 heavy (non-hydrogen) atoms. The molecule has 0 fully saturated rings. The Morgan fingerprint density at radius 1 is 1.17 bits per heavy atom. The van der Waals surface area contributed by atoms with Gasteiger partial charge in [-0.1, -0.05) is 0 Å². The predicted octanol–water partition coefficient (Wildman–Crippen LogP) is 1.47. The number of benzene rings is 1. The number of nitrogens with one attached hydrogen (secondary N) is 1. The van der Waals surface area contributed by atoms with Crippen LogP contribution in [0.1, 0.15) is 26.7 Å². The highest BCUT2D eigenvalue weighted by molar-refractivity contribution is 6.02. The van der Waals surface area contributed by atoms with Crippen LogP contribution in [0.3, 0.4) is 0 Å². The van der Waals surface area contributed by atoms with E-state index >= 15 is 0 Å². The standard InChI is InChI=1S/C15H13N5O3/c1-9-7-8-16-15-18-12(19-20(9)15)13(21)17-11-5-3-10(4-6-11)14(22)23-2/h3-8H,1-2H3,(H,17,21). The highest BCUT2D eigenvalue weighted by Gasteiger charge is 2.15. The topological polar surface area (TPSA) is 98.5 Å². The van der Waals surface area contributed by atoms with Gasteiger partial charge in [-0.25, -0.2) is 14.3 Å². The van der Waals surface area contributed by atoms with E-state index in [1.54, 1.807) is 36.5 Å². The van der Waals surface area contributed by atoms with Gasteiger partial charge in [0.1, 0.15) is 0 Å². The first-order valence-corrected chi connectivity index (χ1v) is 6.76. The van der Waals surface area contributed by atoms with E-state index in [1.807, 2.05) is 6.92 Å². The molecule has 3 rings (SSSR count). The zero-order valence-electron chi connectivity index (χ0n) is 12.5. The summed E-state index contributed by atoms with van der Waals surface area (Å²) in [5.41, 5.74) is 1.74. The molecule has 0 aliphatic rings. The van der Waals surface area contributed by atoms with Gasteiger partial charge in [0.05, 0.1) is 12.7 Å². The average Bonchev–Trinajstić information content (AvgIpc) is 3.00. The number of carbonyl (C=O) groups is 2. The smallest absolute Gasteiger partial charge is 0.337 e. The van der Waals surface area contributed by atoms with Gasteiger partial charge in [0, 0.05) is 17.6 Å². The summed E-state index contributed by atoms with van der Waals surface area (Å²) < 4.78 is 6.11. The summed E-state index contributed by atoms with van der Waals surface area (Å²) in [6, 6.07) is 8.09. The minimum Gasteiger partial charge on any atom is -0.465 e. The Bertz CT molecular complexity index is 886. The largest absolute Gasteiger partial charge is 0.465 e. The molecule has 0 unspecified atom stereocenters. The van der Waals surface area contributed by atoms with Crippen LogP contribution in [0.25, 0.3) is 5.78 Å². The number of amides is 1. The molecule has 8 heteroatoms. The first-order chi connectivity index (χ1) is 11.1. The minimum atomic E-state index is -0.458. The molecule has 0 aliphatic heterocycles. The molecule has 1 aromatic carbocycles. The summed E-state index contributed by atoms with van der Waals surface area (Å²) >= 11 is 0. The number of ether oxygens (including phenoxy) is 1. The SMILES string of the molecule is COC(=O)c1ccc(NC(=O)c2nc3nccc(C)n3n2)cc1. The fourth-order valence-corrected chi connectivity index (χ4v) is 2.00. The summed E-state index contributed by atoms with van der Waals surface area (Å²) in [6.45, 7) is 1.84. The molecule has 0 bridgehead atoms. The third kappa shape index (κ3) is 2.86. The van der Waals surface area contributed by atoms with Crippen molar-refractivity contribution in [3.8, 4) is 0 Å². The first-order valence-electron chi connectivity index (χ1n) is 6.76. The Hall–Kier alpha value is -3.29. The summed E-state index contributed by atoms with van der Waals surface area (Å²) in [4.78, 5) is 31.7. The van der Waals surface area contributed by atoms with E-state index in [4.69, 9.17) is 0 Å². The predicted molar refractivity (Wildman–Crippen MR) is 81.3 cm³/mol. The fourth-order valence-electron chi connectivity index (χ4n) is 2.00. The maximum atomic E-state index is 12.2. The van der Waals surface area contributed by atoms with Gasteiger partial charge in [0.2, 0.25) is 5.82 Å². The molecule has 0 radical (unpaired) electrons. The van der Waals surface area contributed by atoms with Crippen molar-refractivity contribution in [1.82, 2.24) is 19.6 Å². The van der Waals surface area contributed by atoms with Crippen LogP contribution in [0.15, 0.2) is 36.5 Å². The van der Waals surface area contributed by atoms with Crippen molar-refractivity contribution in [1.29, 1.82) is 0 Å². The number of aryl methyl sites for hydroxylation is 1. The van der Waals surface area contributed by atoms with E-state index in [-0.39, 0.29) is 5.82 Å². The first kappa shape index (κ1) is 14.6. The molecule has 0 saturated heterocycles. The van der Waals surface area contributed by atoms with Crippen LogP contribution in [-0.4, -0.2) is 38.6 Å². The summed E-state index contributed by atoms with van der Waals surface area (Å²) in [6.07, 6.45) is 1.60. The Labute approximate surface area is 131 Å². The van der Waals surface area contributed by atoms with Crippen LogP contribution in [0.5, 0.6) is 0 Å². The van der Waals surface area contributed by atoms with Gasteiger partial charge in [0.25, 0.3) is 11.7 Å². The highest BCUT2D eigenvalue weighted by Crippen LogP contribution is 2.11. The minimum absolute atomic E-state index is 0.0174. The van der Waals surface area contributed by atoms with E-state index in [0.29, 0.717) is 17.0 Å². The number of fused-ring (bicyclic) bond motifs is 1. The second-order valence-corrected chi connectivity index (χ2v) is 4.76. The van der Waals surface area contributed by atoms with Crippen LogP contribution >= 0.6 is 0 Å². The Morgan fingerprint density at radius 3 is 2.57 bits per heavy atom. The third-order valence-electron chi connectivity index (χ3n) is 3.20. The summed E-state index contributed by atoms with van der Waals surface area (Å²) in [5.74, 6) is -0.521. The molecule has 2 heterocycles. The Kier molecular flexibility index (Phi) is 3.71. The van der Waals surface area contributed by atoms with Crippen molar-refractivity contribution in [2.45, 2.75) is 6.92 Å². The van der Waals surface area contributed by atoms with E-state index in [9.17, 15) is 9.59 Å². The van der Waals surface area contributed by atoms with Gasteiger partial charge in [-0.2, -0.15) is 4.98 Å². The van der Waals surface area contributed by atoms with Crippen molar-refractivity contribution < 1.29 is 14.3 Å². The average molecular weight is 311 g/mol. The lowest BCUT2D eigenvalue weighted by atomic mass is 10.2. The molecular weight excluding hydrogens is 298 g/mol. The molecule has 0 spiro atoms. The van der Waals surface area contributed by atoms with Gasteiger partial charge in [-0.3, -0.25) is 4.79 Å². The lowest BCUT2D eigenvalue weighted by Crippen LogP contribution is -2.14. The van der Waals surface area contributed by atoms with Gasteiger partial charge < -0.3 is 10.1 Å². The van der Waals surface area contributed by atoms with Crippen LogP contribution in [0, 0.1) is 6.92 Å². The number of aromatic nitrogens is 4. The monoisotopic (exact) mass is 311 g/mol. The normalized spacial score (nSPS) is 10.5. The van der Waals surface area contributed by atoms with Crippen molar-refractivity contribution >= 4 is 23.3 Å². The van der Waals surface area contributed by atoms with Gasteiger partial charge in [-0.15, -0.1) is 5.10 Å². The van der Waals surface area contributed by atoms with Crippen LogP contribution in [0.4, 0.5) is 5.69 Å². The van der Waals surface area contributed by atoms with E-state index in [2.05, 4.69) is 25.1 Å². The number of methoxy groups -OCH3 is 1. The van der Waals surface area contributed by atoms with E-state index in [1.165, 1.54) is 11.6 Å². The molecule has 0 atom stereocenters. The quantitative estimate of drug-likeness (QED) is 0.735. The zero-order chi connectivity index (χ0) is 16.4. The Balaban J connectivity index is 1.80. The third-order valence-corrected chi connectivity index (χ3v) is 3.20. The van der Waals surface area contributed by atoms with Crippen molar-refractivity contribution in [2.24, 2.45) is 0 Å². The molecule has 0 aliphatic carbocycles. The van der Waals surface area contributed by atoms with Crippen molar-refractivity contribution in [3.63, 3.8) is 0 Å². The van der Waals surface area contributed by atoms with E-state index < -0.39 is 11.9 Å². The second kappa shape index (κ2) is 5.84. The summed E-state index contributed by atoms with van der Waals surface area (Å²) in [5, 5.41) is 6.79. The van der Waals surface area contributed by atoms with E-state index in [0.717, 1.165) is 5.69 Å². The second-order valence-electron chi connectivity index (χ2n) is 4.76. The lowest BCUT2D eigenvalue weighted by Gasteiger charge is -2.03. The van der Waals surface area contributed by atoms with Gasteiger partial charge in [-0.05, 0) is 37.3 Å². The molecule has 8 nitrogen and oxygen atoms in total.